The number of rotatable bonds is 2. The number of hydrogen-bond acceptors (Lipinski definition) is 2. The van der Waals surface area contributed by atoms with Crippen molar-refractivity contribution in [2.45, 2.75) is 6.92 Å². The van der Waals surface area contributed by atoms with Crippen LogP contribution in [0, 0.1) is 6.92 Å². The predicted molar refractivity (Wildman–Crippen MR) is 45.6 cm³/mol. The molecule has 62 valence electrons. The molecule has 0 spiro atoms. The van der Waals surface area contributed by atoms with E-state index in [9.17, 15) is 4.79 Å². The lowest BCUT2D eigenvalue weighted by Crippen LogP contribution is -2.01. The highest BCUT2D eigenvalue weighted by Gasteiger charge is 2.09. The topological polar surface area (TPSA) is 50.2 Å². The summed E-state index contributed by atoms with van der Waals surface area (Å²) >= 11 is 0. The van der Waals surface area contributed by atoms with Gasteiger partial charge in [0.05, 0.1) is 11.3 Å². The standard InChI is InChI=1S/C9H9NO2/c1-6-4-3-5-10-8(6)7(2)9(11)12/h3-5H,2H2,1H3,(H,11,12). The number of carboxylic acid groups (broad SMARTS) is 1. The van der Waals surface area contributed by atoms with Crippen molar-refractivity contribution in [3.8, 4) is 0 Å². The summed E-state index contributed by atoms with van der Waals surface area (Å²) in [5.74, 6) is -1.03. The van der Waals surface area contributed by atoms with Crippen molar-refractivity contribution in [1.29, 1.82) is 0 Å². The summed E-state index contributed by atoms with van der Waals surface area (Å²) in [7, 11) is 0. The van der Waals surface area contributed by atoms with Gasteiger partial charge in [-0.1, -0.05) is 12.6 Å². The maximum atomic E-state index is 10.5. The molecule has 0 fully saturated rings. The third-order valence-electron chi connectivity index (χ3n) is 1.55. The third-order valence-corrected chi connectivity index (χ3v) is 1.55. The second kappa shape index (κ2) is 3.17. The fourth-order valence-electron chi connectivity index (χ4n) is 0.903. The van der Waals surface area contributed by atoms with E-state index in [1.165, 1.54) is 0 Å². The zero-order valence-corrected chi connectivity index (χ0v) is 6.74. The molecule has 3 heteroatoms. The van der Waals surface area contributed by atoms with Gasteiger partial charge in [0.15, 0.2) is 0 Å². The number of carboxylic acids is 1. The normalized spacial score (nSPS) is 9.42. The van der Waals surface area contributed by atoms with E-state index in [0.29, 0.717) is 5.69 Å². The predicted octanol–water partition coefficient (Wildman–Crippen LogP) is 1.49. The minimum absolute atomic E-state index is 0.0353. The van der Waals surface area contributed by atoms with Gasteiger partial charge in [-0.15, -0.1) is 0 Å². The summed E-state index contributed by atoms with van der Waals surface area (Å²) in [6, 6.07) is 3.56. The molecule has 0 amide bonds. The number of aromatic nitrogens is 1. The Kier molecular flexibility index (Phi) is 2.24. The lowest BCUT2D eigenvalue weighted by atomic mass is 10.1. The average Bonchev–Trinajstić information content (AvgIpc) is 2.04. The molecule has 1 rings (SSSR count). The Labute approximate surface area is 70.4 Å². The summed E-state index contributed by atoms with van der Waals surface area (Å²) in [5, 5.41) is 8.62. The number of aryl methyl sites for hydroxylation is 1. The zero-order chi connectivity index (χ0) is 9.14. The van der Waals surface area contributed by atoms with Crippen LogP contribution >= 0.6 is 0 Å². The minimum Gasteiger partial charge on any atom is -0.478 e. The van der Waals surface area contributed by atoms with Crippen LogP contribution in [0.5, 0.6) is 0 Å². The van der Waals surface area contributed by atoms with Crippen LogP contribution in [0.2, 0.25) is 0 Å². The molecule has 0 aromatic carbocycles. The van der Waals surface area contributed by atoms with E-state index in [2.05, 4.69) is 11.6 Å². The summed E-state index contributed by atoms with van der Waals surface area (Å²) in [5.41, 5.74) is 1.31. The van der Waals surface area contributed by atoms with Gasteiger partial charge in [0.25, 0.3) is 0 Å². The molecule has 1 N–H and O–H groups in total. The molecular weight excluding hydrogens is 154 g/mol. The highest BCUT2D eigenvalue weighted by molar-refractivity contribution is 6.14. The number of nitrogens with zero attached hydrogens (tertiary/aromatic N) is 1. The molecule has 0 aliphatic heterocycles. The summed E-state index contributed by atoms with van der Waals surface area (Å²) in [6.07, 6.45) is 1.55. The zero-order valence-electron chi connectivity index (χ0n) is 6.74. The quantitative estimate of drug-likeness (QED) is 0.672. The van der Waals surface area contributed by atoms with E-state index in [0.717, 1.165) is 5.56 Å². The Morgan fingerprint density at radius 2 is 2.33 bits per heavy atom. The van der Waals surface area contributed by atoms with Gasteiger partial charge >= 0.3 is 5.97 Å². The Hall–Kier alpha value is -1.64. The Morgan fingerprint density at radius 3 is 2.83 bits per heavy atom. The second-order valence-electron chi connectivity index (χ2n) is 2.45. The first-order valence-corrected chi connectivity index (χ1v) is 3.47. The Balaban J connectivity index is 3.11. The smallest absolute Gasteiger partial charge is 0.337 e. The van der Waals surface area contributed by atoms with Crippen LogP contribution in [0.25, 0.3) is 5.57 Å². The van der Waals surface area contributed by atoms with Crippen molar-refractivity contribution >= 4 is 11.5 Å². The van der Waals surface area contributed by atoms with Crippen molar-refractivity contribution in [1.82, 2.24) is 4.98 Å². The van der Waals surface area contributed by atoms with Gasteiger partial charge in [0.1, 0.15) is 0 Å². The highest BCUT2D eigenvalue weighted by atomic mass is 16.4. The molecule has 12 heavy (non-hydrogen) atoms. The Morgan fingerprint density at radius 1 is 1.67 bits per heavy atom. The van der Waals surface area contributed by atoms with Crippen molar-refractivity contribution in [3.05, 3.63) is 36.2 Å². The SMILES string of the molecule is C=C(C(=O)O)c1ncccc1C. The number of carbonyl (C=O) groups is 1. The van der Waals surface area contributed by atoms with E-state index in [4.69, 9.17) is 5.11 Å². The van der Waals surface area contributed by atoms with Crippen LogP contribution in [-0.4, -0.2) is 16.1 Å². The van der Waals surface area contributed by atoms with Crippen LogP contribution in [0.4, 0.5) is 0 Å². The molecule has 0 aliphatic rings. The van der Waals surface area contributed by atoms with Crippen molar-refractivity contribution in [2.75, 3.05) is 0 Å². The number of hydrogen-bond donors (Lipinski definition) is 1. The van der Waals surface area contributed by atoms with Gasteiger partial charge in [-0.3, -0.25) is 4.98 Å². The fourth-order valence-corrected chi connectivity index (χ4v) is 0.903. The number of aliphatic carboxylic acids is 1. The first kappa shape index (κ1) is 8.46. The van der Waals surface area contributed by atoms with Crippen molar-refractivity contribution in [3.63, 3.8) is 0 Å². The molecule has 0 saturated heterocycles. The Bertz CT molecular complexity index is 331. The van der Waals surface area contributed by atoms with Gasteiger partial charge in [0, 0.05) is 6.20 Å². The van der Waals surface area contributed by atoms with Crippen molar-refractivity contribution in [2.24, 2.45) is 0 Å². The van der Waals surface area contributed by atoms with Gasteiger partial charge in [-0.05, 0) is 18.6 Å². The van der Waals surface area contributed by atoms with E-state index >= 15 is 0 Å². The average molecular weight is 163 g/mol. The van der Waals surface area contributed by atoms with Gasteiger partial charge in [0.2, 0.25) is 0 Å². The highest BCUT2D eigenvalue weighted by Crippen LogP contribution is 2.13. The van der Waals surface area contributed by atoms with Gasteiger partial charge < -0.3 is 5.11 Å². The molecular formula is C9H9NO2. The second-order valence-corrected chi connectivity index (χ2v) is 2.45. The lowest BCUT2D eigenvalue weighted by Gasteiger charge is -2.01. The van der Waals surface area contributed by atoms with Gasteiger partial charge in [-0.2, -0.15) is 0 Å². The van der Waals surface area contributed by atoms with Gasteiger partial charge in [-0.25, -0.2) is 4.79 Å². The molecule has 0 atom stereocenters. The molecule has 1 heterocycles. The summed E-state index contributed by atoms with van der Waals surface area (Å²) < 4.78 is 0. The molecule has 0 saturated carbocycles. The van der Waals surface area contributed by atoms with Crippen LogP contribution in [0.3, 0.4) is 0 Å². The maximum Gasteiger partial charge on any atom is 0.337 e. The van der Waals surface area contributed by atoms with E-state index in [-0.39, 0.29) is 5.57 Å². The molecule has 1 aromatic rings. The molecule has 0 radical (unpaired) electrons. The van der Waals surface area contributed by atoms with Crippen molar-refractivity contribution < 1.29 is 9.90 Å². The minimum atomic E-state index is -1.03. The molecule has 0 bridgehead atoms. The fraction of sp³-hybridized carbons (Fsp3) is 0.111. The first-order chi connectivity index (χ1) is 5.63. The van der Waals surface area contributed by atoms with E-state index in [1.807, 2.05) is 0 Å². The van der Waals surface area contributed by atoms with E-state index < -0.39 is 5.97 Å². The number of pyridine rings is 1. The third kappa shape index (κ3) is 1.50. The largest absolute Gasteiger partial charge is 0.478 e. The molecule has 0 unspecified atom stereocenters. The maximum absolute atomic E-state index is 10.5. The lowest BCUT2D eigenvalue weighted by molar-refractivity contribution is -0.130. The molecule has 1 aromatic heterocycles. The van der Waals surface area contributed by atoms with E-state index in [1.54, 1.807) is 25.3 Å². The molecule has 0 aliphatic carbocycles. The van der Waals surface area contributed by atoms with Crippen LogP contribution < -0.4 is 0 Å². The monoisotopic (exact) mass is 163 g/mol. The first-order valence-electron chi connectivity index (χ1n) is 3.47. The van der Waals surface area contributed by atoms with Crippen LogP contribution in [-0.2, 0) is 4.79 Å². The van der Waals surface area contributed by atoms with Crippen LogP contribution in [0.1, 0.15) is 11.3 Å². The summed E-state index contributed by atoms with van der Waals surface area (Å²) in [6.45, 7) is 5.23. The molecule has 3 nitrogen and oxygen atoms in total. The summed E-state index contributed by atoms with van der Waals surface area (Å²) in [4.78, 5) is 14.4. The van der Waals surface area contributed by atoms with Crippen LogP contribution in [0.15, 0.2) is 24.9 Å².